The summed E-state index contributed by atoms with van der Waals surface area (Å²) in [5.41, 5.74) is 3.84. The van der Waals surface area contributed by atoms with Crippen LogP contribution in [0.5, 0.6) is 0 Å². The molecule has 0 aliphatic rings. The molecule has 0 spiro atoms. The summed E-state index contributed by atoms with van der Waals surface area (Å²) in [7, 11) is 0. The van der Waals surface area contributed by atoms with Gasteiger partial charge in [-0.1, -0.05) is 26.0 Å². The second-order valence-corrected chi connectivity index (χ2v) is 6.44. The van der Waals surface area contributed by atoms with Gasteiger partial charge in [-0.15, -0.1) is 0 Å². The predicted octanol–water partition coefficient (Wildman–Crippen LogP) is 4.50. The largest absolute Gasteiger partial charge is 0.337 e. The van der Waals surface area contributed by atoms with Crippen molar-refractivity contribution in [2.75, 3.05) is 5.32 Å². The monoisotopic (exact) mass is 329 g/mol. The fraction of sp³-hybridized carbons (Fsp3) is 0.353. The van der Waals surface area contributed by atoms with Crippen molar-refractivity contribution in [1.82, 2.24) is 19.7 Å². The zero-order valence-corrected chi connectivity index (χ0v) is 14.5. The van der Waals surface area contributed by atoms with Gasteiger partial charge in [-0.05, 0) is 43.5 Å². The average molecular weight is 330 g/mol. The summed E-state index contributed by atoms with van der Waals surface area (Å²) in [6.45, 7) is 9.31. The minimum Gasteiger partial charge on any atom is -0.337 e. The summed E-state index contributed by atoms with van der Waals surface area (Å²) in [4.78, 5) is 8.62. The molecule has 0 fully saturated rings. The van der Waals surface area contributed by atoms with E-state index >= 15 is 0 Å². The lowest BCUT2D eigenvalue weighted by atomic mass is 10.2. The summed E-state index contributed by atoms with van der Waals surface area (Å²) in [5.74, 6) is 1.24. The maximum atomic E-state index is 6.06. The lowest BCUT2D eigenvalue weighted by molar-refractivity contribution is 0.473. The van der Waals surface area contributed by atoms with E-state index in [1.807, 2.05) is 35.9 Å². The highest BCUT2D eigenvalue weighted by molar-refractivity contribution is 6.28. The third kappa shape index (κ3) is 3.15. The predicted molar refractivity (Wildman–Crippen MR) is 94.4 cm³/mol. The first-order valence-corrected chi connectivity index (χ1v) is 8.07. The second kappa shape index (κ2) is 6.16. The summed E-state index contributed by atoms with van der Waals surface area (Å²) in [6, 6.07) is 7.81. The molecule has 3 rings (SSSR count). The number of rotatable bonds is 4. The minimum atomic E-state index is 0.232. The number of aryl methyl sites for hydroxylation is 1. The molecule has 1 aromatic carbocycles. The molecule has 6 heteroatoms. The Balaban J connectivity index is 2.04. The van der Waals surface area contributed by atoms with Gasteiger partial charge in [0.05, 0.1) is 22.6 Å². The smallest absolute Gasteiger partial charge is 0.224 e. The van der Waals surface area contributed by atoms with Crippen LogP contribution in [0.3, 0.4) is 0 Å². The molecular formula is C17H20ClN5. The van der Waals surface area contributed by atoms with E-state index in [0.29, 0.717) is 11.7 Å². The molecule has 5 nitrogen and oxygen atoms in total. The Morgan fingerprint density at radius 3 is 2.65 bits per heavy atom. The Morgan fingerprint density at radius 1 is 1.17 bits per heavy atom. The van der Waals surface area contributed by atoms with Crippen LogP contribution in [-0.4, -0.2) is 19.7 Å². The molecule has 3 aromatic rings. The molecule has 1 N–H and O–H groups in total. The van der Waals surface area contributed by atoms with E-state index in [9.17, 15) is 0 Å². The van der Waals surface area contributed by atoms with Crippen molar-refractivity contribution in [3.63, 3.8) is 0 Å². The third-order valence-electron chi connectivity index (χ3n) is 3.74. The Morgan fingerprint density at radius 2 is 1.91 bits per heavy atom. The van der Waals surface area contributed by atoms with Crippen molar-refractivity contribution in [3.8, 4) is 0 Å². The third-order valence-corrected chi connectivity index (χ3v) is 3.91. The first kappa shape index (κ1) is 15.7. The van der Waals surface area contributed by atoms with E-state index in [2.05, 4.69) is 41.2 Å². The fourth-order valence-electron chi connectivity index (χ4n) is 2.66. The Hall–Kier alpha value is -2.14. The highest BCUT2D eigenvalue weighted by atomic mass is 35.5. The van der Waals surface area contributed by atoms with Gasteiger partial charge in [-0.2, -0.15) is 10.1 Å². The van der Waals surface area contributed by atoms with Crippen molar-refractivity contribution >= 4 is 34.0 Å². The van der Waals surface area contributed by atoms with Crippen LogP contribution in [0.4, 0.5) is 11.5 Å². The van der Waals surface area contributed by atoms with Crippen LogP contribution in [0.2, 0.25) is 5.28 Å². The first-order chi connectivity index (χ1) is 11.0. The Kier molecular flexibility index (Phi) is 4.22. The number of nitrogens with zero attached hydrogens (tertiary/aromatic N) is 4. The number of halogens is 1. The molecule has 2 heterocycles. The van der Waals surface area contributed by atoms with Crippen molar-refractivity contribution in [2.24, 2.45) is 5.92 Å². The van der Waals surface area contributed by atoms with Crippen LogP contribution in [-0.2, 0) is 6.54 Å². The van der Waals surface area contributed by atoms with Gasteiger partial charge < -0.3 is 5.32 Å². The van der Waals surface area contributed by atoms with Crippen LogP contribution in [0.1, 0.15) is 25.2 Å². The Bertz CT molecular complexity index is 854. The van der Waals surface area contributed by atoms with E-state index in [1.54, 1.807) is 0 Å². The highest BCUT2D eigenvalue weighted by Crippen LogP contribution is 2.28. The average Bonchev–Trinajstić information content (AvgIpc) is 2.74. The van der Waals surface area contributed by atoms with Gasteiger partial charge in [-0.25, -0.2) is 4.98 Å². The van der Waals surface area contributed by atoms with Gasteiger partial charge in [0.2, 0.25) is 5.28 Å². The van der Waals surface area contributed by atoms with Gasteiger partial charge in [0.15, 0.2) is 0 Å². The number of hydrogen-bond acceptors (Lipinski definition) is 4. The van der Waals surface area contributed by atoms with Crippen molar-refractivity contribution < 1.29 is 0 Å². The maximum absolute atomic E-state index is 6.06. The number of anilines is 2. The topological polar surface area (TPSA) is 55.6 Å². The molecule has 2 aromatic heterocycles. The van der Waals surface area contributed by atoms with Crippen molar-refractivity contribution in [2.45, 2.75) is 34.2 Å². The van der Waals surface area contributed by atoms with Crippen molar-refractivity contribution in [3.05, 3.63) is 40.9 Å². The van der Waals surface area contributed by atoms with E-state index in [1.165, 1.54) is 0 Å². The summed E-state index contributed by atoms with van der Waals surface area (Å²) in [5, 5.41) is 9.20. The normalized spacial score (nSPS) is 11.4. The molecule has 0 aliphatic heterocycles. The first-order valence-electron chi connectivity index (χ1n) is 7.69. The van der Waals surface area contributed by atoms with E-state index in [-0.39, 0.29) is 5.28 Å². The molecule has 23 heavy (non-hydrogen) atoms. The van der Waals surface area contributed by atoms with Crippen LogP contribution in [0, 0.1) is 19.8 Å². The molecule has 0 radical (unpaired) electrons. The maximum Gasteiger partial charge on any atom is 0.224 e. The standard InChI is InChI=1S/C17H20ClN5/c1-10(2)9-23-12(4)15(11(3)22-23)20-16-13-7-5-6-8-14(13)19-17(18)21-16/h5-8,10H,9H2,1-4H3,(H,19,20,21). The van der Waals surface area contributed by atoms with Crippen molar-refractivity contribution in [1.29, 1.82) is 0 Å². The molecule has 0 saturated heterocycles. The van der Waals surface area contributed by atoms with Gasteiger partial charge in [-0.3, -0.25) is 4.68 Å². The fourth-order valence-corrected chi connectivity index (χ4v) is 2.84. The highest BCUT2D eigenvalue weighted by Gasteiger charge is 2.15. The molecule has 0 atom stereocenters. The van der Waals surface area contributed by atoms with E-state index in [0.717, 1.165) is 34.5 Å². The number of hydrogen-bond donors (Lipinski definition) is 1. The van der Waals surface area contributed by atoms with Gasteiger partial charge in [0, 0.05) is 11.9 Å². The Labute approximate surface area is 140 Å². The van der Waals surface area contributed by atoms with E-state index < -0.39 is 0 Å². The van der Waals surface area contributed by atoms with Gasteiger partial charge in [0.1, 0.15) is 5.82 Å². The molecule has 0 saturated carbocycles. The van der Waals surface area contributed by atoms with Crippen LogP contribution < -0.4 is 5.32 Å². The summed E-state index contributed by atoms with van der Waals surface area (Å²) in [6.07, 6.45) is 0. The van der Waals surface area contributed by atoms with E-state index in [4.69, 9.17) is 11.6 Å². The summed E-state index contributed by atoms with van der Waals surface area (Å²) < 4.78 is 2.04. The molecule has 0 unspecified atom stereocenters. The number of aromatic nitrogens is 4. The number of benzene rings is 1. The molecule has 0 bridgehead atoms. The molecular weight excluding hydrogens is 310 g/mol. The lowest BCUT2D eigenvalue weighted by Gasteiger charge is -2.10. The molecule has 0 aliphatic carbocycles. The summed E-state index contributed by atoms with van der Waals surface area (Å²) >= 11 is 6.06. The zero-order valence-electron chi connectivity index (χ0n) is 13.8. The SMILES string of the molecule is Cc1nn(CC(C)C)c(C)c1Nc1nc(Cl)nc2ccccc12. The van der Waals surface area contributed by atoms with Crippen LogP contribution in [0.15, 0.2) is 24.3 Å². The quantitative estimate of drug-likeness (QED) is 0.716. The molecule has 0 amide bonds. The second-order valence-electron chi connectivity index (χ2n) is 6.11. The number of fused-ring (bicyclic) bond motifs is 1. The van der Waals surface area contributed by atoms with Gasteiger partial charge >= 0.3 is 0 Å². The molecule has 120 valence electrons. The number of para-hydroxylation sites is 1. The van der Waals surface area contributed by atoms with Crippen LogP contribution >= 0.6 is 11.6 Å². The lowest BCUT2D eigenvalue weighted by Crippen LogP contribution is -2.08. The minimum absolute atomic E-state index is 0.232. The van der Waals surface area contributed by atoms with Gasteiger partial charge in [0.25, 0.3) is 0 Å². The van der Waals surface area contributed by atoms with Crippen LogP contribution in [0.25, 0.3) is 10.9 Å². The zero-order chi connectivity index (χ0) is 16.6. The number of nitrogens with one attached hydrogen (secondary N) is 1.